The Morgan fingerprint density at radius 2 is 1.69 bits per heavy atom. The van der Waals surface area contributed by atoms with Crippen LogP contribution in [0.3, 0.4) is 0 Å². The number of ether oxygens (including phenoxy) is 1. The molecule has 0 amide bonds. The van der Waals surface area contributed by atoms with Crippen LogP contribution in [-0.2, 0) is 10.3 Å². The summed E-state index contributed by atoms with van der Waals surface area (Å²) in [6.45, 7) is 7.55. The van der Waals surface area contributed by atoms with Crippen molar-refractivity contribution in [2.75, 3.05) is 6.61 Å². The number of hydrogen-bond acceptors (Lipinski definition) is 1. The quantitative estimate of drug-likeness (QED) is 0.599. The van der Waals surface area contributed by atoms with Crippen molar-refractivity contribution in [3.05, 3.63) is 35.9 Å². The van der Waals surface area contributed by atoms with E-state index < -0.39 is 0 Å². The zero-order valence-corrected chi connectivity index (χ0v) is 8.50. The molecule has 1 heterocycles. The van der Waals surface area contributed by atoms with Crippen LogP contribution in [0.25, 0.3) is 0 Å². The van der Waals surface area contributed by atoms with E-state index in [0.717, 1.165) is 6.61 Å². The first-order valence-electron chi connectivity index (χ1n) is 4.76. The van der Waals surface area contributed by atoms with Crippen LogP contribution in [0, 0.1) is 5.41 Å². The maximum atomic E-state index is 5.65. The number of benzene rings is 1. The molecule has 13 heavy (non-hydrogen) atoms. The first-order chi connectivity index (χ1) is 6.06. The lowest BCUT2D eigenvalue weighted by Gasteiger charge is -2.27. The molecule has 70 valence electrons. The Hall–Kier alpha value is -0.820. The number of hydrogen-bond donors (Lipinski definition) is 0. The Bertz CT molecular complexity index is 291. The second-order valence-electron chi connectivity index (χ2n) is 4.73. The van der Waals surface area contributed by atoms with Crippen molar-refractivity contribution >= 4 is 0 Å². The standard InChI is InChI=1S/C12H16O/c1-11(2,3)12(9-13-12)10-7-5-4-6-8-10/h4-8H,9H2,1-3H3. The summed E-state index contributed by atoms with van der Waals surface area (Å²) in [4.78, 5) is 0. The molecule has 1 saturated heterocycles. The lowest BCUT2D eigenvalue weighted by molar-refractivity contribution is 0.155. The topological polar surface area (TPSA) is 12.5 Å². The van der Waals surface area contributed by atoms with Crippen LogP contribution in [0.4, 0.5) is 0 Å². The molecule has 1 nitrogen and oxygen atoms in total. The van der Waals surface area contributed by atoms with Crippen molar-refractivity contribution < 1.29 is 4.74 Å². The predicted molar refractivity (Wildman–Crippen MR) is 53.5 cm³/mol. The average molecular weight is 176 g/mol. The molecule has 1 aromatic carbocycles. The Morgan fingerprint density at radius 3 is 2.08 bits per heavy atom. The molecule has 0 N–H and O–H groups in total. The highest BCUT2D eigenvalue weighted by Crippen LogP contribution is 2.52. The Morgan fingerprint density at radius 1 is 1.15 bits per heavy atom. The Kier molecular flexibility index (Phi) is 1.74. The molecule has 0 spiro atoms. The van der Waals surface area contributed by atoms with Crippen molar-refractivity contribution in [2.45, 2.75) is 26.4 Å². The zero-order valence-electron chi connectivity index (χ0n) is 8.50. The molecule has 0 aromatic heterocycles. The summed E-state index contributed by atoms with van der Waals surface area (Å²) in [5.41, 5.74) is 1.48. The van der Waals surface area contributed by atoms with E-state index in [1.54, 1.807) is 0 Å². The third-order valence-corrected chi connectivity index (χ3v) is 2.88. The summed E-state index contributed by atoms with van der Waals surface area (Å²) < 4.78 is 5.65. The van der Waals surface area contributed by atoms with Crippen molar-refractivity contribution in [1.82, 2.24) is 0 Å². The Labute approximate surface area is 79.7 Å². The van der Waals surface area contributed by atoms with Crippen LogP contribution in [-0.4, -0.2) is 6.61 Å². The zero-order chi connectivity index (χ0) is 9.53. The lowest BCUT2D eigenvalue weighted by Crippen LogP contribution is -2.27. The van der Waals surface area contributed by atoms with Gasteiger partial charge in [-0.2, -0.15) is 0 Å². The van der Waals surface area contributed by atoms with Gasteiger partial charge >= 0.3 is 0 Å². The second-order valence-corrected chi connectivity index (χ2v) is 4.73. The largest absolute Gasteiger partial charge is 0.364 e. The predicted octanol–water partition coefficient (Wildman–Crippen LogP) is 2.96. The fourth-order valence-electron chi connectivity index (χ4n) is 1.81. The number of rotatable bonds is 1. The van der Waals surface area contributed by atoms with E-state index in [-0.39, 0.29) is 11.0 Å². The summed E-state index contributed by atoms with van der Waals surface area (Å²) in [6, 6.07) is 10.5. The molecule has 1 aromatic rings. The molecule has 2 rings (SSSR count). The molecule has 1 atom stereocenters. The highest BCUT2D eigenvalue weighted by molar-refractivity contribution is 5.29. The molecule has 0 radical (unpaired) electrons. The van der Waals surface area contributed by atoms with E-state index in [9.17, 15) is 0 Å². The van der Waals surface area contributed by atoms with Crippen molar-refractivity contribution in [2.24, 2.45) is 5.41 Å². The van der Waals surface area contributed by atoms with E-state index in [2.05, 4.69) is 45.0 Å². The summed E-state index contributed by atoms with van der Waals surface area (Å²) >= 11 is 0. The van der Waals surface area contributed by atoms with Gasteiger partial charge in [0, 0.05) is 0 Å². The third kappa shape index (κ3) is 1.28. The molecule has 1 unspecified atom stereocenters. The minimum Gasteiger partial charge on any atom is -0.364 e. The average Bonchev–Trinajstić information content (AvgIpc) is 2.84. The second kappa shape index (κ2) is 2.58. The van der Waals surface area contributed by atoms with Gasteiger partial charge in [0.05, 0.1) is 6.61 Å². The van der Waals surface area contributed by atoms with E-state index in [1.165, 1.54) is 5.56 Å². The molecule has 1 fully saturated rings. The van der Waals surface area contributed by atoms with Crippen molar-refractivity contribution in [3.63, 3.8) is 0 Å². The summed E-state index contributed by atoms with van der Waals surface area (Å²) in [5, 5.41) is 0. The fourth-order valence-corrected chi connectivity index (χ4v) is 1.81. The van der Waals surface area contributed by atoms with Gasteiger partial charge in [-0.3, -0.25) is 0 Å². The van der Waals surface area contributed by atoms with Crippen molar-refractivity contribution in [3.8, 4) is 0 Å². The maximum absolute atomic E-state index is 5.65. The van der Waals surface area contributed by atoms with Crippen LogP contribution in [0.2, 0.25) is 0 Å². The monoisotopic (exact) mass is 176 g/mol. The minimum atomic E-state index is -0.0196. The molecular weight excluding hydrogens is 160 g/mol. The highest BCUT2D eigenvalue weighted by atomic mass is 16.6. The van der Waals surface area contributed by atoms with E-state index in [0.29, 0.717) is 0 Å². The third-order valence-electron chi connectivity index (χ3n) is 2.88. The first kappa shape index (κ1) is 8.76. The Balaban J connectivity index is 2.37. The van der Waals surface area contributed by atoms with Crippen LogP contribution >= 0.6 is 0 Å². The smallest absolute Gasteiger partial charge is 0.121 e. The summed E-state index contributed by atoms with van der Waals surface area (Å²) in [6.07, 6.45) is 0. The van der Waals surface area contributed by atoms with E-state index >= 15 is 0 Å². The van der Waals surface area contributed by atoms with Gasteiger partial charge in [-0.1, -0.05) is 51.1 Å². The molecule has 0 aliphatic carbocycles. The highest BCUT2D eigenvalue weighted by Gasteiger charge is 2.55. The molecule has 0 saturated carbocycles. The van der Waals surface area contributed by atoms with Gasteiger partial charge in [0.25, 0.3) is 0 Å². The van der Waals surface area contributed by atoms with Gasteiger partial charge in [-0.05, 0) is 11.0 Å². The van der Waals surface area contributed by atoms with E-state index in [1.807, 2.05) is 6.07 Å². The number of epoxide rings is 1. The summed E-state index contributed by atoms with van der Waals surface area (Å²) in [5.74, 6) is 0. The van der Waals surface area contributed by atoms with Gasteiger partial charge in [0.1, 0.15) is 5.60 Å². The molecule has 1 aliphatic heterocycles. The van der Waals surface area contributed by atoms with Crippen LogP contribution in [0.15, 0.2) is 30.3 Å². The first-order valence-corrected chi connectivity index (χ1v) is 4.76. The fraction of sp³-hybridized carbons (Fsp3) is 0.500. The lowest BCUT2D eigenvalue weighted by atomic mass is 9.76. The maximum Gasteiger partial charge on any atom is 0.121 e. The van der Waals surface area contributed by atoms with Gasteiger partial charge in [-0.25, -0.2) is 0 Å². The van der Waals surface area contributed by atoms with Crippen LogP contribution in [0.5, 0.6) is 0 Å². The van der Waals surface area contributed by atoms with Crippen molar-refractivity contribution in [1.29, 1.82) is 0 Å². The van der Waals surface area contributed by atoms with Gasteiger partial charge in [-0.15, -0.1) is 0 Å². The van der Waals surface area contributed by atoms with E-state index in [4.69, 9.17) is 4.74 Å². The van der Waals surface area contributed by atoms with Crippen LogP contribution in [0.1, 0.15) is 26.3 Å². The SMILES string of the molecule is CC(C)(C)C1(c2ccccc2)CO1. The molecule has 1 aliphatic rings. The summed E-state index contributed by atoms with van der Waals surface area (Å²) in [7, 11) is 0. The molecule has 1 heteroatoms. The van der Waals surface area contributed by atoms with Gasteiger partial charge in [0.15, 0.2) is 0 Å². The van der Waals surface area contributed by atoms with Gasteiger partial charge < -0.3 is 4.74 Å². The van der Waals surface area contributed by atoms with Crippen LogP contribution < -0.4 is 0 Å². The minimum absolute atomic E-state index is 0.0196. The normalized spacial score (nSPS) is 27.3. The molecular formula is C12H16O. The van der Waals surface area contributed by atoms with Gasteiger partial charge in [0.2, 0.25) is 0 Å². The molecule has 0 bridgehead atoms.